The lowest BCUT2D eigenvalue weighted by atomic mass is 10.2. The highest BCUT2D eigenvalue weighted by molar-refractivity contribution is 6.04. The number of aryl methyl sites for hydroxylation is 1. The first-order chi connectivity index (χ1) is 9.51. The van der Waals surface area contributed by atoms with Crippen molar-refractivity contribution in [3.63, 3.8) is 0 Å². The fourth-order valence-corrected chi connectivity index (χ4v) is 1.74. The van der Waals surface area contributed by atoms with Crippen LogP contribution in [0.25, 0.3) is 0 Å². The topological polar surface area (TPSA) is 97.2 Å². The molecule has 0 radical (unpaired) electrons. The van der Waals surface area contributed by atoms with Gasteiger partial charge in [0.05, 0.1) is 12.8 Å². The number of benzene rings is 1. The van der Waals surface area contributed by atoms with Crippen molar-refractivity contribution in [1.82, 2.24) is 4.98 Å². The number of aromatic amines is 1. The van der Waals surface area contributed by atoms with Gasteiger partial charge in [0, 0.05) is 17.4 Å². The average molecular weight is 273 g/mol. The van der Waals surface area contributed by atoms with Crippen LogP contribution >= 0.6 is 0 Å². The Morgan fingerprint density at radius 1 is 1.30 bits per heavy atom. The molecule has 2 aromatic rings. The monoisotopic (exact) mass is 273 g/mol. The molecule has 6 nitrogen and oxygen atoms in total. The van der Waals surface area contributed by atoms with Crippen molar-refractivity contribution in [2.75, 3.05) is 18.2 Å². The van der Waals surface area contributed by atoms with Gasteiger partial charge >= 0.3 is 0 Å². The van der Waals surface area contributed by atoms with Gasteiger partial charge in [-0.15, -0.1) is 0 Å². The number of anilines is 2. The van der Waals surface area contributed by atoms with E-state index in [9.17, 15) is 9.59 Å². The van der Waals surface area contributed by atoms with Crippen LogP contribution in [0.2, 0.25) is 0 Å². The summed E-state index contributed by atoms with van der Waals surface area (Å²) in [5.74, 6) is -0.0290. The number of methoxy groups -OCH3 is 1. The van der Waals surface area contributed by atoms with Gasteiger partial charge < -0.3 is 20.8 Å². The van der Waals surface area contributed by atoms with Crippen LogP contribution in [0.1, 0.15) is 16.1 Å². The zero-order valence-electron chi connectivity index (χ0n) is 11.2. The predicted octanol–water partition coefficient (Wildman–Crippen LogP) is 1.53. The number of carbonyl (C=O) groups is 1. The van der Waals surface area contributed by atoms with E-state index >= 15 is 0 Å². The molecular weight excluding hydrogens is 258 g/mol. The number of pyridine rings is 1. The van der Waals surface area contributed by atoms with Crippen molar-refractivity contribution in [3.8, 4) is 5.75 Å². The molecule has 4 N–H and O–H groups in total. The lowest BCUT2D eigenvalue weighted by molar-refractivity contribution is 0.102. The molecule has 0 unspecified atom stereocenters. The molecule has 104 valence electrons. The highest BCUT2D eigenvalue weighted by Crippen LogP contribution is 2.25. The van der Waals surface area contributed by atoms with Crippen molar-refractivity contribution < 1.29 is 9.53 Å². The molecule has 1 heterocycles. The van der Waals surface area contributed by atoms with E-state index in [1.165, 1.54) is 13.2 Å². The van der Waals surface area contributed by atoms with Gasteiger partial charge in [0.15, 0.2) is 0 Å². The third-order valence-corrected chi connectivity index (χ3v) is 2.79. The standard InChI is InChI=1S/C14H15N3O3/c1-8-3-5-10(13(18)16-8)14(19)17-9-4-6-11(15)12(7-9)20-2/h3-7H,15H2,1-2H3,(H,16,18)(H,17,19). The number of nitrogens with one attached hydrogen (secondary N) is 2. The van der Waals surface area contributed by atoms with Crippen molar-refractivity contribution in [2.24, 2.45) is 0 Å². The molecule has 0 aliphatic heterocycles. The number of nitrogens with two attached hydrogens (primary N) is 1. The molecule has 20 heavy (non-hydrogen) atoms. The first-order valence-electron chi connectivity index (χ1n) is 5.96. The zero-order chi connectivity index (χ0) is 14.7. The summed E-state index contributed by atoms with van der Waals surface area (Å²) >= 11 is 0. The first kappa shape index (κ1) is 13.7. The Bertz CT molecular complexity index is 707. The Balaban J connectivity index is 2.25. The van der Waals surface area contributed by atoms with Crippen LogP contribution in [0.4, 0.5) is 11.4 Å². The number of ether oxygens (including phenoxy) is 1. The number of amides is 1. The molecule has 0 spiro atoms. The van der Waals surface area contributed by atoms with Crippen molar-refractivity contribution in [1.29, 1.82) is 0 Å². The number of hydrogen-bond donors (Lipinski definition) is 3. The van der Waals surface area contributed by atoms with E-state index in [4.69, 9.17) is 10.5 Å². The van der Waals surface area contributed by atoms with E-state index in [2.05, 4.69) is 10.3 Å². The largest absolute Gasteiger partial charge is 0.495 e. The molecule has 0 fully saturated rings. The van der Waals surface area contributed by atoms with Gasteiger partial charge in [0.25, 0.3) is 11.5 Å². The molecule has 1 aromatic carbocycles. The van der Waals surface area contributed by atoms with Gasteiger partial charge in [0.2, 0.25) is 0 Å². The SMILES string of the molecule is COc1cc(NC(=O)c2ccc(C)[nH]c2=O)ccc1N. The Labute approximate surface area is 115 Å². The zero-order valence-corrected chi connectivity index (χ0v) is 11.2. The number of nitrogen functional groups attached to an aromatic ring is 1. The summed E-state index contributed by atoms with van der Waals surface area (Å²) in [6.07, 6.45) is 0. The number of aromatic nitrogens is 1. The number of carbonyl (C=O) groups excluding carboxylic acids is 1. The van der Waals surface area contributed by atoms with Crippen molar-refractivity contribution in [2.45, 2.75) is 6.92 Å². The quantitative estimate of drug-likeness (QED) is 0.739. The molecule has 2 rings (SSSR count). The fraction of sp³-hybridized carbons (Fsp3) is 0.143. The third-order valence-electron chi connectivity index (χ3n) is 2.79. The molecule has 0 aliphatic carbocycles. The van der Waals surface area contributed by atoms with Crippen molar-refractivity contribution in [3.05, 3.63) is 51.9 Å². The maximum Gasteiger partial charge on any atom is 0.261 e. The Morgan fingerprint density at radius 2 is 2.05 bits per heavy atom. The lowest BCUT2D eigenvalue weighted by Crippen LogP contribution is -2.23. The summed E-state index contributed by atoms with van der Waals surface area (Å²) < 4.78 is 5.07. The molecular formula is C14H15N3O3. The summed E-state index contributed by atoms with van der Waals surface area (Å²) in [5, 5.41) is 2.63. The minimum Gasteiger partial charge on any atom is -0.495 e. The van der Waals surface area contributed by atoms with Gasteiger partial charge in [-0.1, -0.05) is 0 Å². The second-order valence-corrected chi connectivity index (χ2v) is 4.29. The Kier molecular flexibility index (Phi) is 3.74. The normalized spacial score (nSPS) is 10.1. The van der Waals surface area contributed by atoms with Crippen LogP contribution in [0.15, 0.2) is 35.1 Å². The molecule has 0 bridgehead atoms. The van der Waals surface area contributed by atoms with Gasteiger partial charge in [-0.3, -0.25) is 9.59 Å². The Hall–Kier alpha value is -2.76. The van der Waals surface area contributed by atoms with E-state index in [0.717, 1.165) is 0 Å². The van der Waals surface area contributed by atoms with E-state index in [-0.39, 0.29) is 5.56 Å². The van der Waals surface area contributed by atoms with Crippen LogP contribution in [0.3, 0.4) is 0 Å². The minimum absolute atomic E-state index is 0.0476. The first-order valence-corrected chi connectivity index (χ1v) is 5.96. The van der Waals surface area contributed by atoms with Gasteiger partial charge in [-0.2, -0.15) is 0 Å². The molecule has 1 aromatic heterocycles. The summed E-state index contributed by atoms with van der Waals surface area (Å²) in [7, 11) is 1.49. The highest BCUT2D eigenvalue weighted by Gasteiger charge is 2.11. The van der Waals surface area contributed by atoms with E-state index in [1.54, 1.807) is 31.2 Å². The summed E-state index contributed by atoms with van der Waals surface area (Å²) in [6.45, 7) is 1.74. The van der Waals surface area contributed by atoms with E-state index < -0.39 is 11.5 Å². The maximum atomic E-state index is 12.0. The summed E-state index contributed by atoms with van der Waals surface area (Å²) in [4.78, 5) is 26.3. The van der Waals surface area contributed by atoms with Crippen LogP contribution in [-0.2, 0) is 0 Å². The predicted molar refractivity (Wildman–Crippen MR) is 77.2 cm³/mol. The molecule has 0 atom stereocenters. The second kappa shape index (κ2) is 5.48. The number of rotatable bonds is 3. The fourth-order valence-electron chi connectivity index (χ4n) is 1.74. The molecule has 0 aliphatic rings. The molecule has 6 heteroatoms. The second-order valence-electron chi connectivity index (χ2n) is 4.29. The third kappa shape index (κ3) is 2.80. The van der Waals surface area contributed by atoms with Gasteiger partial charge in [-0.05, 0) is 31.2 Å². The van der Waals surface area contributed by atoms with Gasteiger partial charge in [0.1, 0.15) is 11.3 Å². The minimum atomic E-state index is -0.488. The average Bonchev–Trinajstić information content (AvgIpc) is 2.40. The van der Waals surface area contributed by atoms with Crippen LogP contribution in [0.5, 0.6) is 5.75 Å². The van der Waals surface area contributed by atoms with Gasteiger partial charge in [-0.25, -0.2) is 0 Å². The highest BCUT2D eigenvalue weighted by atomic mass is 16.5. The molecule has 0 saturated carbocycles. The lowest BCUT2D eigenvalue weighted by Gasteiger charge is -2.09. The van der Waals surface area contributed by atoms with E-state index in [1.807, 2.05) is 0 Å². The number of hydrogen-bond acceptors (Lipinski definition) is 4. The molecule has 0 saturated heterocycles. The van der Waals surface area contributed by atoms with Crippen LogP contribution < -0.4 is 21.3 Å². The smallest absolute Gasteiger partial charge is 0.261 e. The van der Waals surface area contributed by atoms with Crippen LogP contribution in [0, 0.1) is 6.92 Å². The van der Waals surface area contributed by atoms with Crippen molar-refractivity contribution >= 4 is 17.3 Å². The Morgan fingerprint density at radius 3 is 2.70 bits per heavy atom. The van der Waals surface area contributed by atoms with Crippen LogP contribution in [-0.4, -0.2) is 18.0 Å². The maximum absolute atomic E-state index is 12.0. The number of H-pyrrole nitrogens is 1. The summed E-state index contributed by atoms with van der Waals surface area (Å²) in [5.41, 5.74) is 6.98. The van der Waals surface area contributed by atoms with E-state index in [0.29, 0.717) is 22.8 Å². The summed E-state index contributed by atoms with van der Waals surface area (Å²) in [6, 6.07) is 8.00. The molecule has 1 amide bonds.